The number of hydrogen-bond donors (Lipinski definition) is 0. The van der Waals surface area contributed by atoms with Gasteiger partial charge < -0.3 is 14.4 Å². The fourth-order valence-corrected chi connectivity index (χ4v) is 4.77. The van der Waals surface area contributed by atoms with Crippen molar-refractivity contribution in [2.24, 2.45) is 0 Å². The second-order valence-electron chi connectivity index (χ2n) is 7.66. The predicted molar refractivity (Wildman–Crippen MR) is 116 cm³/mol. The Morgan fingerprint density at radius 1 is 1.13 bits per heavy atom. The van der Waals surface area contributed by atoms with Gasteiger partial charge in [-0.05, 0) is 65.6 Å². The second-order valence-corrected chi connectivity index (χ2v) is 8.66. The van der Waals surface area contributed by atoms with Crippen molar-refractivity contribution >= 4 is 34.9 Å². The average Bonchev–Trinajstić information content (AvgIpc) is 3.32. The van der Waals surface area contributed by atoms with Crippen LogP contribution in [0.25, 0.3) is 6.08 Å². The molecule has 158 valence electrons. The Morgan fingerprint density at radius 2 is 1.87 bits per heavy atom. The van der Waals surface area contributed by atoms with Gasteiger partial charge in [0.25, 0.3) is 11.1 Å². The standard InChI is InChI=1S/C23H20N2O5S/c1-14-8-18-19(30-13-29-18)9-17(14)10-20-22(27)25(23(28)31-20)12-21(26)24-7-6-15-4-2-3-5-16(15)11-24/h2-5,8-10H,6-7,11-13H2,1H3/b20-10-. The van der Waals surface area contributed by atoms with E-state index in [-0.39, 0.29) is 19.2 Å². The summed E-state index contributed by atoms with van der Waals surface area (Å²) in [5, 5.41) is -0.430. The molecule has 0 N–H and O–H groups in total. The molecule has 3 amide bonds. The Kier molecular flexibility index (Phi) is 4.94. The van der Waals surface area contributed by atoms with Gasteiger partial charge >= 0.3 is 0 Å². The number of aryl methyl sites for hydroxylation is 1. The van der Waals surface area contributed by atoms with Crippen LogP contribution in [0.3, 0.4) is 0 Å². The summed E-state index contributed by atoms with van der Waals surface area (Å²) >= 11 is 0.852. The van der Waals surface area contributed by atoms with Gasteiger partial charge in [-0.3, -0.25) is 19.3 Å². The van der Waals surface area contributed by atoms with E-state index in [1.807, 2.05) is 31.2 Å². The Labute approximate surface area is 183 Å². The number of ether oxygens (including phenoxy) is 2. The van der Waals surface area contributed by atoms with Gasteiger partial charge in [-0.2, -0.15) is 0 Å². The van der Waals surface area contributed by atoms with Gasteiger partial charge in [-0.25, -0.2) is 0 Å². The number of amides is 3. The van der Waals surface area contributed by atoms with Crippen molar-refractivity contribution in [2.45, 2.75) is 19.9 Å². The fourth-order valence-electron chi connectivity index (χ4n) is 3.94. The summed E-state index contributed by atoms with van der Waals surface area (Å²) < 4.78 is 10.8. The molecule has 0 spiro atoms. The highest BCUT2D eigenvalue weighted by Gasteiger charge is 2.37. The highest BCUT2D eigenvalue weighted by Crippen LogP contribution is 2.38. The normalized spacial score (nSPS) is 18.7. The zero-order chi connectivity index (χ0) is 21.5. The van der Waals surface area contributed by atoms with E-state index < -0.39 is 11.1 Å². The molecule has 3 aliphatic rings. The summed E-state index contributed by atoms with van der Waals surface area (Å²) in [5.74, 6) is 0.600. The summed E-state index contributed by atoms with van der Waals surface area (Å²) in [5.41, 5.74) is 4.02. The summed E-state index contributed by atoms with van der Waals surface area (Å²) in [6, 6.07) is 11.6. The lowest BCUT2D eigenvalue weighted by atomic mass is 10.00. The van der Waals surface area contributed by atoms with Gasteiger partial charge in [-0.15, -0.1) is 0 Å². The van der Waals surface area contributed by atoms with E-state index in [2.05, 4.69) is 6.07 Å². The minimum Gasteiger partial charge on any atom is -0.454 e. The zero-order valence-corrected chi connectivity index (χ0v) is 17.7. The third-order valence-corrected chi connectivity index (χ3v) is 6.61. The highest BCUT2D eigenvalue weighted by molar-refractivity contribution is 8.18. The van der Waals surface area contributed by atoms with Crippen molar-refractivity contribution in [3.05, 3.63) is 63.6 Å². The van der Waals surface area contributed by atoms with Crippen LogP contribution in [0.5, 0.6) is 11.5 Å². The number of imide groups is 1. The van der Waals surface area contributed by atoms with Crippen molar-refractivity contribution in [3.8, 4) is 11.5 Å². The van der Waals surface area contributed by atoms with Crippen LogP contribution >= 0.6 is 11.8 Å². The lowest BCUT2D eigenvalue weighted by Crippen LogP contribution is -2.44. The number of nitrogens with zero attached hydrogens (tertiary/aromatic N) is 2. The fraction of sp³-hybridized carbons (Fsp3) is 0.261. The van der Waals surface area contributed by atoms with E-state index in [9.17, 15) is 14.4 Å². The molecule has 0 radical (unpaired) electrons. The molecule has 0 bridgehead atoms. The molecule has 0 atom stereocenters. The van der Waals surface area contributed by atoms with Crippen molar-refractivity contribution in [1.82, 2.24) is 9.80 Å². The monoisotopic (exact) mass is 436 g/mol. The Morgan fingerprint density at radius 3 is 2.68 bits per heavy atom. The molecule has 3 heterocycles. The SMILES string of the molecule is Cc1cc2c(cc1/C=C1\SC(=O)N(CC(=O)N3CCc4ccccc4C3)C1=O)OCO2. The van der Waals surface area contributed by atoms with E-state index in [0.29, 0.717) is 29.5 Å². The molecular weight excluding hydrogens is 416 g/mol. The Bertz CT molecular complexity index is 1140. The van der Waals surface area contributed by atoms with E-state index in [1.165, 1.54) is 5.56 Å². The van der Waals surface area contributed by atoms with Gasteiger partial charge in [0.2, 0.25) is 12.7 Å². The van der Waals surface area contributed by atoms with Gasteiger partial charge in [-0.1, -0.05) is 24.3 Å². The van der Waals surface area contributed by atoms with Gasteiger partial charge in [0.1, 0.15) is 6.54 Å². The number of carbonyl (C=O) groups excluding carboxylic acids is 3. The average molecular weight is 436 g/mol. The first-order valence-corrected chi connectivity index (χ1v) is 10.8. The smallest absolute Gasteiger partial charge is 0.294 e. The van der Waals surface area contributed by atoms with Crippen LogP contribution < -0.4 is 9.47 Å². The molecule has 0 unspecified atom stereocenters. The molecule has 5 rings (SSSR count). The van der Waals surface area contributed by atoms with Crippen LogP contribution in [0.15, 0.2) is 41.3 Å². The predicted octanol–water partition coefficient (Wildman–Crippen LogP) is 3.34. The number of hydrogen-bond acceptors (Lipinski definition) is 6. The lowest BCUT2D eigenvalue weighted by Gasteiger charge is -2.29. The van der Waals surface area contributed by atoms with Crippen LogP contribution in [0.2, 0.25) is 0 Å². The van der Waals surface area contributed by atoms with Gasteiger partial charge in [0, 0.05) is 13.1 Å². The van der Waals surface area contributed by atoms with Gasteiger partial charge in [0.15, 0.2) is 11.5 Å². The van der Waals surface area contributed by atoms with E-state index in [4.69, 9.17) is 9.47 Å². The van der Waals surface area contributed by atoms with Crippen molar-refractivity contribution in [1.29, 1.82) is 0 Å². The van der Waals surface area contributed by atoms with E-state index in [0.717, 1.165) is 39.8 Å². The molecule has 3 aliphatic heterocycles. The Balaban J connectivity index is 1.31. The summed E-state index contributed by atoms with van der Waals surface area (Å²) in [6.07, 6.45) is 2.44. The second kappa shape index (κ2) is 7.77. The molecule has 0 aliphatic carbocycles. The molecule has 7 nitrogen and oxygen atoms in total. The van der Waals surface area contributed by atoms with Crippen molar-refractivity contribution < 1.29 is 23.9 Å². The van der Waals surface area contributed by atoms with Crippen molar-refractivity contribution in [3.63, 3.8) is 0 Å². The van der Waals surface area contributed by atoms with Crippen LogP contribution in [-0.2, 0) is 22.6 Å². The largest absolute Gasteiger partial charge is 0.454 e. The molecule has 1 fully saturated rings. The molecule has 1 saturated heterocycles. The number of rotatable bonds is 3. The maximum Gasteiger partial charge on any atom is 0.294 e. The number of carbonyl (C=O) groups is 3. The van der Waals surface area contributed by atoms with Gasteiger partial charge in [0.05, 0.1) is 4.91 Å². The topological polar surface area (TPSA) is 76.2 Å². The maximum absolute atomic E-state index is 12.9. The number of thioether (sulfide) groups is 1. The summed E-state index contributed by atoms with van der Waals surface area (Å²) in [4.78, 5) is 41.2. The summed E-state index contributed by atoms with van der Waals surface area (Å²) in [6.45, 7) is 2.90. The van der Waals surface area contributed by atoms with Crippen LogP contribution in [0.4, 0.5) is 4.79 Å². The summed E-state index contributed by atoms with van der Waals surface area (Å²) in [7, 11) is 0. The van der Waals surface area contributed by atoms with Crippen molar-refractivity contribution in [2.75, 3.05) is 19.9 Å². The van der Waals surface area contributed by atoms with Crippen LogP contribution in [-0.4, -0.2) is 46.7 Å². The first-order valence-electron chi connectivity index (χ1n) is 10.00. The zero-order valence-electron chi connectivity index (χ0n) is 16.9. The molecule has 0 saturated carbocycles. The molecular formula is C23H20N2O5S. The maximum atomic E-state index is 12.9. The quantitative estimate of drug-likeness (QED) is 0.687. The Hall–Kier alpha value is -3.26. The minimum atomic E-state index is -0.446. The molecule has 0 aromatic heterocycles. The lowest BCUT2D eigenvalue weighted by molar-refractivity contribution is -0.136. The first-order chi connectivity index (χ1) is 15.0. The van der Waals surface area contributed by atoms with E-state index in [1.54, 1.807) is 17.0 Å². The molecule has 2 aromatic carbocycles. The van der Waals surface area contributed by atoms with E-state index >= 15 is 0 Å². The third-order valence-electron chi connectivity index (χ3n) is 5.70. The molecule has 31 heavy (non-hydrogen) atoms. The third kappa shape index (κ3) is 3.67. The molecule has 2 aromatic rings. The minimum absolute atomic E-state index is 0.165. The van der Waals surface area contributed by atoms with Crippen LogP contribution in [0, 0.1) is 6.92 Å². The number of fused-ring (bicyclic) bond motifs is 2. The highest BCUT2D eigenvalue weighted by atomic mass is 32.2. The molecule has 8 heteroatoms. The van der Waals surface area contributed by atoms with Crippen LogP contribution in [0.1, 0.15) is 22.3 Å². The first kappa shape index (κ1) is 19.7. The number of benzene rings is 2.